The average molecular weight is 344 g/mol. The third-order valence-electron chi connectivity index (χ3n) is 4.36. The van der Waals surface area contributed by atoms with Gasteiger partial charge >= 0.3 is 5.97 Å². The fourth-order valence-corrected chi connectivity index (χ4v) is 2.79. The van der Waals surface area contributed by atoms with Crippen molar-refractivity contribution >= 4 is 5.97 Å². The molecule has 24 heavy (non-hydrogen) atoms. The number of carbonyl (C=O) groups is 1. The van der Waals surface area contributed by atoms with E-state index in [-0.39, 0.29) is 12.1 Å². The monoisotopic (exact) mass is 343 g/mol. The maximum Gasteiger partial charge on any atom is 0.306 e. The van der Waals surface area contributed by atoms with Gasteiger partial charge in [-0.15, -0.1) is 0 Å². The number of nitrogens with zero attached hydrogens (tertiary/aromatic N) is 1. The highest BCUT2D eigenvalue weighted by Crippen LogP contribution is 2.14. The van der Waals surface area contributed by atoms with Crippen molar-refractivity contribution in [1.29, 1.82) is 0 Å². The van der Waals surface area contributed by atoms with Crippen LogP contribution in [-0.4, -0.2) is 51.3 Å². The maximum absolute atomic E-state index is 11.9. The minimum atomic E-state index is -0.0150. The molecule has 4 nitrogen and oxygen atoms in total. The first-order chi connectivity index (χ1) is 11.6. The summed E-state index contributed by atoms with van der Waals surface area (Å²) in [6.45, 7) is 4.04. The average Bonchev–Trinajstić information content (AvgIpc) is 2.56. The van der Waals surface area contributed by atoms with Crippen molar-refractivity contribution in [3.8, 4) is 0 Å². The van der Waals surface area contributed by atoms with Gasteiger partial charge in [0.1, 0.15) is 6.10 Å². The molecule has 0 saturated carbocycles. The van der Waals surface area contributed by atoms with Crippen LogP contribution in [-0.2, 0) is 14.3 Å². The molecule has 0 N–H and O–H groups in total. The van der Waals surface area contributed by atoms with Gasteiger partial charge in [-0.25, -0.2) is 0 Å². The van der Waals surface area contributed by atoms with Crippen LogP contribution in [0.1, 0.15) is 84.0 Å². The molecular formula is C20H41NO3. The smallest absolute Gasteiger partial charge is 0.306 e. The van der Waals surface area contributed by atoms with Gasteiger partial charge in [0.15, 0.2) is 0 Å². The van der Waals surface area contributed by atoms with Gasteiger partial charge in [0.25, 0.3) is 0 Å². The van der Waals surface area contributed by atoms with Crippen LogP contribution in [0.25, 0.3) is 0 Å². The molecule has 0 aromatic rings. The highest BCUT2D eigenvalue weighted by molar-refractivity contribution is 5.69. The number of rotatable bonds is 17. The van der Waals surface area contributed by atoms with Gasteiger partial charge in [0.05, 0.1) is 0 Å². The molecule has 0 aliphatic carbocycles. The van der Waals surface area contributed by atoms with Crippen LogP contribution in [0.4, 0.5) is 0 Å². The molecule has 0 rings (SSSR count). The molecule has 0 aliphatic rings. The summed E-state index contributed by atoms with van der Waals surface area (Å²) < 4.78 is 10.7. The molecule has 0 heterocycles. The number of ether oxygens (including phenoxy) is 2. The Morgan fingerprint density at radius 3 is 2.12 bits per heavy atom. The molecule has 4 heteroatoms. The van der Waals surface area contributed by atoms with Crippen molar-refractivity contribution in [2.24, 2.45) is 0 Å². The second kappa shape index (κ2) is 17.2. The molecule has 1 atom stereocenters. The Morgan fingerprint density at radius 2 is 1.54 bits per heavy atom. The zero-order valence-corrected chi connectivity index (χ0v) is 16.6. The summed E-state index contributed by atoms with van der Waals surface area (Å²) in [4.78, 5) is 14.0. The van der Waals surface area contributed by atoms with Crippen LogP contribution in [0.2, 0.25) is 0 Å². The number of hydrogen-bond donors (Lipinski definition) is 0. The quantitative estimate of drug-likeness (QED) is 0.281. The van der Waals surface area contributed by atoms with E-state index >= 15 is 0 Å². The van der Waals surface area contributed by atoms with Gasteiger partial charge in [-0.1, -0.05) is 39.0 Å². The highest BCUT2D eigenvalue weighted by Gasteiger charge is 2.12. The second-order valence-electron chi connectivity index (χ2n) is 7.04. The van der Waals surface area contributed by atoms with Gasteiger partial charge in [-0.2, -0.15) is 0 Å². The van der Waals surface area contributed by atoms with Gasteiger partial charge in [0, 0.05) is 20.1 Å². The first-order valence-electron chi connectivity index (χ1n) is 9.93. The van der Waals surface area contributed by atoms with E-state index in [0.717, 1.165) is 38.8 Å². The van der Waals surface area contributed by atoms with E-state index in [1.807, 2.05) is 0 Å². The van der Waals surface area contributed by atoms with Crippen molar-refractivity contribution in [2.45, 2.75) is 90.1 Å². The van der Waals surface area contributed by atoms with E-state index < -0.39 is 0 Å². The van der Waals surface area contributed by atoms with E-state index in [9.17, 15) is 4.79 Å². The number of methoxy groups -OCH3 is 1. The van der Waals surface area contributed by atoms with Crippen LogP contribution in [0.3, 0.4) is 0 Å². The standard InChI is InChI=1S/C20H41NO3/c1-5-19(24-20(22)16-12-13-17-21(2)3)15-11-9-7-6-8-10-14-18-23-4/h19H,5-18H2,1-4H3. The number of esters is 1. The Bertz CT molecular complexity index is 282. The van der Waals surface area contributed by atoms with E-state index in [2.05, 4.69) is 25.9 Å². The van der Waals surface area contributed by atoms with Crippen molar-refractivity contribution in [2.75, 3.05) is 34.4 Å². The van der Waals surface area contributed by atoms with Crippen LogP contribution in [0.15, 0.2) is 0 Å². The van der Waals surface area contributed by atoms with Crippen molar-refractivity contribution in [3.63, 3.8) is 0 Å². The highest BCUT2D eigenvalue weighted by atomic mass is 16.5. The van der Waals surface area contributed by atoms with Gasteiger partial charge in [-0.3, -0.25) is 4.79 Å². The lowest BCUT2D eigenvalue weighted by Crippen LogP contribution is -2.18. The van der Waals surface area contributed by atoms with Gasteiger partial charge in [0.2, 0.25) is 0 Å². The van der Waals surface area contributed by atoms with Gasteiger partial charge in [-0.05, 0) is 59.2 Å². The van der Waals surface area contributed by atoms with E-state index in [1.165, 1.54) is 44.9 Å². The van der Waals surface area contributed by atoms with E-state index in [4.69, 9.17) is 9.47 Å². The second-order valence-corrected chi connectivity index (χ2v) is 7.04. The predicted octanol–water partition coefficient (Wildman–Crippen LogP) is 4.81. The molecule has 0 aromatic carbocycles. The topological polar surface area (TPSA) is 38.8 Å². The fourth-order valence-electron chi connectivity index (χ4n) is 2.79. The molecule has 0 amide bonds. The minimum absolute atomic E-state index is 0.0150. The Morgan fingerprint density at radius 1 is 0.917 bits per heavy atom. The normalized spacial score (nSPS) is 12.5. The van der Waals surface area contributed by atoms with E-state index in [0.29, 0.717) is 6.42 Å². The van der Waals surface area contributed by atoms with Crippen LogP contribution >= 0.6 is 0 Å². The molecule has 0 saturated heterocycles. The zero-order chi connectivity index (χ0) is 18.0. The number of unbranched alkanes of at least 4 members (excludes halogenated alkanes) is 7. The SMILES string of the molecule is CCC(CCCCCCCCCOC)OC(=O)CCCCN(C)C. The molecular weight excluding hydrogens is 302 g/mol. The van der Waals surface area contributed by atoms with Crippen molar-refractivity contribution in [3.05, 3.63) is 0 Å². The Labute approximate surface area is 150 Å². The number of hydrogen-bond acceptors (Lipinski definition) is 4. The first kappa shape index (κ1) is 23.4. The Balaban J connectivity index is 3.53. The minimum Gasteiger partial charge on any atom is -0.462 e. The lowest BCUT2D eigenvalue weighted by molar-refractivity contribution is -0.149. The van der Waals surface area contributed by atoms with Gasteiger partial charge < -0.3 is 14.4 Å². The van der Waals surface area contributed by atoms with Crippen LogP contribution in [0, 0.1) is 0 Å². The summed E-state index contributed by atoms with van der Waals surface area (Å²) in [5, 5.41) is 0. The summed E-state index contributed by atoms with van der Waals surface area (Å²) in [5.74, 6) is -0.0150. The zero-order valence-electron chi connectivity index (χ0n) is 16.6. The van der Waals surface area contributed by atoms with Crippen molar-refractivity contribution in [1.82, 2.24) is 4.90 Å². The van der Waals surface area contributed by atoms with Crippen LogP contribution < -0.4 is 0 Å². The lowest BCUT2D eigenvalue weighted by atomic mass is 10.1. The molecule has 0 aliphatic heterocycles. The lowest BCUT2D eigenvalue weighted by Gasteiger charge is -2.16. The van der Waals surface area contributed by atoms with Crippen molar-refractivity contribution < 1.29 is 14.3 Å². The maximum atomic E-state index is 11.9. The largest absolute Gasteiger partial charge is 0.462 e. The summed E-state index contributed by atoms with van der Waals surface area (Å²) >= 11 is 0. The van der Waals surface area contributed by atoms with Crippen LogP contribution in [0.5, 0.6) is 0 Å². The molecule has 0 bridgehead atoms. The van der Waals surface area contributed by atoms with E-state index in [1.54, 1.807) is 7.11 Å². The predicted molar refractivity (Wildman–Crippen MR) is 101 cm³/mol. The third-order valence-corrected chi connectivity index (χ3v) is 4.36. The summed E-state index contributed by atoms with van der Waals surface area (Å²) in [5.41, 5.74) is 0. The molecule has 1 unspecified atom stereocenters. The first-order valence-corrected chi connectivity index (χ1v) is 9.93. The third kappa shape index (κ3) is 16.3. The Hall–Kier alpha value is -0.610. The molecule has 0 radical (unpaired) electrons. The molecule has 0 fully saturated rings. The Kier molecular flexibility index (Phi) is 16.8. The molecule has 144 valence electrons. The molecule has 0 aromatic heterocycles. The fraction of sp³-hybridized carbons (Fsp3) is 0.950. The summed E-state index contributed by atoms with van der Waals surface area (Å²) in [6, 6.07) is 0. The summed E-state index contributed by atoms with van der Waals surface area (Å²) in [7, 11) is 5.89. The molecule has 0 spiro atoms. The number of carbonyl (C=O) groups excluding carboxylic acids is 1. The summed E-state index contributed by atoms with van der Waals surface area (Å²) in [6.07, 6.45) is 13.4.